The van der Waals surface area contributed by atoms with Crippen LogP contribution in [0.1, 0.15) is 74.7 Å². The quantitative estimate of drug-likeness (QED) is 0.202. The predicted molar refractivity (Wildman–Crippen MR) is 152 cm³/mol. The van der Waals surface area contributed by atoms with Gasteiger partial charge in [0, 0.05) is 11.1 Å². The first-order valence-electron chi connectivity index (χ1n) is 11.8. The number of hydrogen-bond donors (Lipinski definition) is 0. The minimum Gasteiger partial charge on any atom is -0.279 e. The molecular weight excluding hydrogens is 480 g/mol. The summed E-state index contributed by atoms with van der Waals surface area (Å²) < 4.78 is 0. The van der Waals surface area contributed by atoms with Crippen LogP contribution in [0.15, 0.2) is 83.6 Å². The van der Waals surface area contributed by atoms with E-state index in [9.17, 15) is 9.59 Å². The average Bonchev–Trinajstić information content (AvgIpc) is 3.61. The lowest BCUT2D eigenvalue weighted by molar-refractivity contribution is 0.104. The standard InChI is InChI=1S/2C16H14OS/c1-12(2)13-5-7-14(8-6-13)16(17)10-9-15-4-3-11-18-15;1-2-4-13-6-8-14(9-7-13)16(17)11-10-15-5-3-12-18-15/h3-8,11-12H,1-2H3;3,5-9,12H,2,4H2,1H3. The molecule has 4 aromatic rings. The highest BCUT2D eigenvalue weighted by molar-refractivity contribution is 7.10. The van der Waals surface area contributed by atoms with Gasteiger partial charge >= 0.3 is 0 Å². The van der Waals surface area contributed by atoms with Gasteiger partial charge in [-0.2, -0.15) is 0 Å². The normalized spacial score (nSPS) is 9.78. The Morgan fingerprint density at radius 3 is 1.58 bits per heavy atom. The van der Waals surface area contributed by atoms with Gasteiger partial charge in [0.05, 0.1) is 9.75 Å². The lowest BCUT2D eigenvalue weighted by Crippen LogP contribution is -1.96. The minimum atomic E-state index is -0.126. The Morgan fingerprint density at radius 1 is 0.722 bits per heavy atom. The Morgan fingerprint density at radius 2 is 1.19 bits per heavy atom. The average molecular weight is 509 g/mol. The van der Waals surface area contributed by atoms with Crippen molar-refractivity contribution in [3.63, 3.8) is 0 Å². The summed E-state index contributed by atoms with van der Waals surface area (Å²) >= 11 is 3.08. The molecule has 2 heterocycles. The number of Topliss-reactive ketones (excluding diaryl/α,β-unsaturated/α-hetero) is 2. The van der Waals surface area contributed by atoms with Crippen molar-refractivity contribution in [3.8, 4) is 23.7 Å². The molecule has 4 rings (SSSR count). The molecule has 0 N–H and O–H groups in total. The molecule has 0 unspecified atom stereocenters. The smallest absolute Gasteiger partial charge is 0.236 e. The van der Waals surface area contributed by atoms with Gasteiger partial charge < -0.3 is 0 Å². The van der Waals surface area contributed by atoms with Gasteiger partial charge in [-0.05, 0) is 70.0 Å². The second kappa shape index (κ2) is 14.0. The third kappa shape index (κ3) is 8.51. The number of benzene rings is 2. The second-order valence-electron chi connectivity index (χ2n) is 8.34. The molecule has 0 fully saturated rings. The number of rotatable bonds is 5. The van der Waals surface area contributed by atoms with Crippen LogP contribution in [0.5, 0.6) is 0 Å². The summed E-state index contributed by atoms with van der Waals surface area (Å²) in [6.45, 7) is 6.41. The number of aryl methyl sites for hydroxylation is 1. The molecule has 0 spiro atoms. The van der Waals surface area contributed by atoms with E-state index in [1.807, 2.05) is 83.6 Å². The van der Waals surface area contributed by atoms with Crippen LogP contribution in [-0.2, 0) is 6.42 Å². The van der Waals surface area contributed by atoms with Crippen LogP contribution in [-0.4, -0.2) is 11.6 Å². The first-order valence-corrected chi connectivity index (χ1v) is 13.6. The van der Waals surface area contributed by atoms with Gasteiger partial charge in [-0.15, -0.1) is 22.7 Å². The molecule has 0 bridgehead atoms. The van der Waals surface area contributed by atoms with Crippen LogP contribution >= 0.6 is 22.7 Å². The van der Waals surface area contributed by atoms with Crippen LogP contribution in [0.25, 0.3) is 0 Å². The van der Waals surface area contributed by atoms with Crippen molar-refractivity contribution < 1.29 is 9.59 Å². The van der Waals surface area contributed by atoms with E-state index in [0.717, 1.165) is 22.6 Å². The molecule has 0 atom stereocenters. The molecule has 180 valence electrons. The van der Waals surface area contributed by atoms with Gasteiger partial charge in [0.2, 0.25) is 11.6 Å². The zero-order valence-electron chi connectivity index (χ0n) is 20.7. The summed E-state index contributed by atoms with van der Waals surface area (Å²) in [6, 6.07) is 23.1. The Labute approximate surface area is 222 Å². The van der Waals surface area contributed by atoms with Gasteiger partial charge in [-0.1, -0.05) is 87.9 Å². The number of hydrogen-bond acceptors (Lipinski definition) is 4. The number of thiophene rings is 2. The topological polar surface area (TPSA) is 34.1 Å². The van der Waals surface area contributed by atoms with Crippen LogP contribution in [0.3, 0.4) is 0 Å². The van der Waals surface area contributed by atoms with Crippen molar-refractivity contribution in [2.75, 3.05) is 0 Å². The summed E-state index contributed by atoms with van der Waals surface area (Å²) in [5, 5.41) is 3.90. The lowest BCUT2D eigenvalue weighted by atomic mass is 10.0. The molecule has 0 saturated heterocycles. The third-order valence-electron chi connectivity index (χ3n) is 5.24. The molecule has 0 aliphatic rings. The molecule has 0 radical (unpaired) electrons. The Balaban J connectivity index is 0.000000201. The first kappa shape index (κ1) is 26.9. The highest BCUT2D eigenvalue weighted by atomic mass is 32.1. The zero-order valence-corrected chi connectivity index (χ0v) is 22.3. The van der Waals surface area contributed by atoms with Crippen LogP contribution in [0.2, 0.25) is 0 Å². The number of carbonyl (C=O) groups excluding carboxylic acids is 2. The van der Waals surface area contributed by atoms with Gasteiger partial charge in [0.25, 0.3) is 0 Å². The maximum Gasteiger partial charge on any atom is 0.236 e. The van der Waals surface area contributed by atoms with Crippen molar-refractivity contribution in [1.82, 2.24) is 0 Å². The van der Waals surface area contributed by atoms with E-state index in [1.165, 1.54) is 11.1 Å². The fraction of sp³-hybridized carbons (Fsp3) is 0.188. The van der Waals surface area contributed by atoms with Crippen LogP contribution in [0.4, 0.5) is 0 Å². The summed E-state index contributed by atoms with van der Waals surface area (Å²) in [6.07, 6.45) is 2.17. The van der Waals surface area contributed by atoms with Gasteiger partial charge in [0.15, 0.2) is 0 Å². The van der Waals surface area contributed by atoms with E-state index in [1.54, 1.807) is 22.7 Å². The molecule has 0 amide bonds. The largest absolute Gasteiger partial charge is 0.279 e. The van der Waals surface area contributed by atoms with E-state index in [4.69, 9.17) is 0 Å². The van der Waals surface area contributed by atoms with E-state index in [-0.39, 0.29) is 11.6 Å². The fourth-order valence-electron chi connectivity index (χ4n) is 3.21. The monoisotopic (exact) mass is 508 g/mol. The molecule has 2 aromatic carbocycles. The maximum absolute atomic E-state index is 11.9. The number of carbonyl (C=O) groups is 2. The van der Waals surface area contributed by atoms with Crippen molar-refractivity contribution in [2.24, 2.45) is 0 Å². The highest BCUT2D eigenvalue weighted by Gasteiger charge is 2.04. The van der Waals surface area contributed by atoms with Gasteiger partial charge in [-0.3, -0.25) is 9.59 Å². The second-order valence-corrected chi connectivity index (χ2v) is 10.2. The van der Waals surface area contributed by atoms with E-state index in [2.05, 4.69) is 44.5 Å². The molecule has 0 aliphatic carbocycles. The van der Waals surface area contributed by atoms with Crippen molar-refractivity contribution in [1.29, 1.82) is 0 Å². The van der Waals surface area contributed by atoms with Gasteiger partial charge in [-0.25, -0.2) is 0 Å². The fourth-order valence-corrected chi connectivity index (χ4v) is 4.35. The summed E-state index contributed by atoms with van der Waals surface area (Å²) in [4.78, 5) is 25.5. The first-order chi connectivity index (χ1) is 17.5. The molecule has 0 saturated carbocycles. The van der Waals surface area contributed by atoms with Crippen LogP contribution in [0, 0.1) is 23.7 Å². The molecular formula is C32H28O2S2. The Bertz CT molecular complexity index is 1370. The zero-order chi connectivity index (χ0) is 25.8. The van der Waals surface area contributed by atoms with E-state index >= 15 is 0 Å². The summed E-state index contributed by atoms with van der Waals surface area (Å²) in [5.74, 6) is 11.3. The van der Waals surface area contributed by atoms with E-state index in [0.29, 0.717) is 17.0 Å². The maximum atomic E-state index is 11.9. The molecule has 2 nitrogen and oxygen atoms in total. The molecule has 4 heteroatoms. The SMILES string of the molecule is CC(C)c1ccc(C(=O)C#Cc2cccs2)cc1.CCCc1ccc(C(=O)C#Cc2cccs2)cc1. The van der Waals surface area contributed by atoms with Crippen molar-refractivity contribution >= 4 is 34.2 Å². The number of ketones is 2. The predicted octanol–water partition coefficient (Wildman–Crippen LogP) is 8.04. The minimum absolute atomic E-state index is 0.119. The Hall–Kier alpha value is -3.70. The van der Waals surface area contributed by atoms with Gasteiger partial charge in [0.1, 0.15) is 0 Å². The molecule has 0 aliphatic heterocycles. The van der Waals surface area contributed by atoms with Crippen molar-refractivity contribution in [2.45, 2.75) is 39.5 Å². The molecule has 2 aromatic heterocycles. The van der Waals surface area contributed by atoms with E-state index < -0.39 is 0 Å². The Kier molecular flexibility index (Phi) is 10.5. The van der Waals surface area contributed by atoms with Crippen LogP contribution < -0.4 is 0 Å². The van der Waals surface area contributed by atoms with Crippen molar-refractivity contribution in [3.05, 3.63) is 116 Å². The lowest BCUT2D eigenvalue weighted by Gasteiger charge is -2.04. The highest BCUT2D eigenvalue weighted by Crippen LogP contribution is 2.15. The summed E-state index contributed by atoms with van der Waals surface area (Å²) in [7, 11) is 0. The molecule has 36 heavy (non-hydrogen) atoms. The summed E-state index contributed by atoms with van der Waals surface area (Å²) in [5.41, 5.74) is 3.82. The third-order valence-corrected chi connectivity index (χ3v) is 6.81.